The van der Waals surface area contributed by atoms with E-state index in [4.69, 9.17) is 5.73 Å². The predicted molar refractivity (Wildman–Crippen MR) is 68.3 cm³/mol. The highest BCUT2D eigenvalue weighted by molar-refractivity contribution is 5.88. The van der Waals surface area contributed by atoms with Crippen LogP contribution in [-0.2, 0) is 17.7 Å². The number of carbonyl (C=O) groups excluding carboxylic acids is 1. The van der Waals surface area contributed by atoms with Gasteiger partial charge in [0, 0.05) is 13.0 Å². The zero-order valence-electron chi connectivity index (χ0n) is 11.2. The van der Waals surface area contributed by atoms with Gasteiger partial charge in [0.15, 0.2) is 5.69 Å². The molecule has 0 radical (unpaired) electrons. The third kappa shape index (κ3) is 3.80. The van der Waals surface area contributed by atoms with E-state index < -0.39 is 5.97 Å². The van der Waals surface area contributed by atoms with Gasteiger partial charge >= 0.3 is 5.97 Å². The number of methoxy groups -OCH3 is 1. The molecule has 2 N–H and O–H groups in total. The summed E-state index contributed by atoms with van der Waals surface area (Å²) in [4.78, 5) is 11.5. The number of carbonyl (C=O) groups is 1. The Bertz CT molecular complexity index is 376. The Morgan fingerprint density at radius 3 is 2.78 bits per heavy atom. The summed E-state index contributed by atoms with van der Waals surface area (Å²) in [5, 5.41) is 7.90. The minimum Gasteiger partial charge on any atom is -0.464 e. The molecule has 1 aromatic heterocycles. The number of esters is 1. The highest BCUT2D eigenvalue weighted by Gasteiger charge is 2.19. The van der Waals surface area contributed by atoms with Crippen molar-refractivity contribution >= 4 is 5.97 Å². The number of nitrogens with zero attached hydrogens (tertiary/aromatic N) is 3. The second-order valence-corrected chi connectivity index (χ2v) is 4.20. The van der Waals surface area contributed by atoms with Crippen LogP contribution in [0.15, 0.2) is 0 Å². The summed E-state index contributed by atoms with van der Waals surface area (Å²) in [6, 6.07) is 0. The van der Waals surface area contributed by atoms with E-state index in [1.165, 1.54) is 20.0 Å². The maximum atomic E-state index is 11.5. The Labute approximate surface area is 107 Å². The van der Waals surface area contributed by atoms with Crippen LogP contribution in [0.25, 0.3) is 0 Å². The van der Waals surface area contributed by atoms with Crippen molar-refractivity contribution in [3.63, 3.8) is 0 Å². The molecule has 1 heterocycles. The van der Waals surface area contributed by atoms with Gasteiger partial charge in [0.2, 0.25) is 0 Å². The van der Waals surface area contributed by atoms with Crippen LogP contribution in [0, 0.1) is 0 Å². The molecule has 0 atom stereocenters. The van der Waals surface area contributed by atoms with Crippen molar-refractivity contribution in [2.45, 2.75) is 45.6 Å². The molecule has 0 unspecified atom stereocenters. The van der Waals surface area contributed by atoms with Crippen LogP contribution in [-0.4, -0.2) is 34.6 Å². The molecule has 1 rings (SSSR count). The molecule has 102 valence electrons. The smallest absolute Gasteiger partial charge is 0.360 e. The van der Waals surface area contributed by atoms with Crippen LogP contribution in [0.1, 0.15) is 48.8 Å². The fourth-order valence-corrected chi connectivity index (χ4v) is 1.84. The van der Waals surface area contributed by atoms with Gasteiger partial charge in [-0.05, 0) is 13.0 Å². The first-order valence-electron chi connectivity index (χ1n) is 6.45. The topological polar surface area (TPSA) is 83.0 Å². The van der Waals surface area contributed by atoms with E-state index >= 15 is 0 Å². The van der Waals surface area contributed by atoms with Gasteiger partial charge in [-0.15, -0.1) is 5.10 Å². The van der Waals surface area contributed by atoms with Gasteiger partial charge in [-0.2, -0.15) is 0 Å². The normalized spacial score (nSPS) is 10.6. The first-order chi connectivity index (χ1) is 8.74. The van der Waals surface area contributed by atoms with Gasteiger partial charge in [-0.3, -0.25) is 0 Å². The first kappa shape index (κ1) is 14.6. The number of rotatable bonds is 8. The number of unbranched alkanes of at least 4 members (excludes halogenated alkanes) is 3. The number of ether oxygens (including phenoxy) is 1. The maximum Gasteiger partial charge on any atom is 0.360 e. The van der Waals surface area contributed by atoms with Crippen molar-refractivity contribution in [3.8, 4) is 0 Å². The zero-order chi connectivity index (χ0) is 13.4. The Morgan fingerprint density at radius 1 is 1.39 bits per heavy atom. The average molecular weight is 254 g/mol. The van der Waals surface area contributed by atoms with Crippen molar-refractivity contribution in [3.05, 3.63) is 11.4 Å². The van der Waals surface area contributed by atoms with Crippen LogP contribution in [0.3, 0.4) is 0 Å². The molecule has 0 aliphatic heterocycles. The minimum absolute atomic E-state index is 0.290. The molecule has 0 amide bonds. The van der Waals surface area contributed by atoms with Crippen molar-refractivity contribution in [1.29, 1.82) is 0 Å². The fourth-order valence-electron chi connectivity index (χ4n) is 1.84. The fraction of sp³-hybridized carbons (Fsp3) is 0.750. The second-order valence-electron chi connectivity index (χ2n) is 4.20. The quantitative estimate of drug-likeness (QED) is 0.555. The predicted octanol–water partition coefficient (Wildman–Crippen LogP) is 1.15. The molecule has 0 saturated heterocycles. The Balaban J connectivity index is 2.71. The number of aromatic nitrogens is 3. The summed E-state index contributed by atoms with van der Waals surface area (Å²) in [5.41, 5.74) is 6.62. The summed E-state index contributed by atoms with van der Waals surface area (Å²) >= 11 is 0. The number of hydrogen-bond acceptors (Lipinski definition) is 5. The van der Waals surface area contributed by atoms with E-state index in [-0.39, 0.29) is 0 Å². The van der Waals surface area contributed by atoms with Crippen LogP contribution >= 0.6 is 0 Å². The molecule has 0 spiro atoms. The Kier molecular flexibility index (Phi) is 6.35. The molecule has 18 heavy (non-hydrogen) atoms. The molecule has 6 nitrogen and oxygen atoms in total. The highest BCUT2D eigenvalue weighted by Crippen LogP contribution is 2.10. The van der Waals surface area contributed by atoms with Gasteiger partial charge in [0.05, 0.1) is 12.8 Å². The summed E-state index contributed by atoms with van der Waals surface area (Å²) in [6.45, 7) is 3.41. The SMILES string of the molecule is CCCCCCn1nnc(C(=O)OC)c1CCN. The summed E-state index contributed by atoms with van der Waals surface area (Å²) < 4.78 is 6.46. The summed E-state index contributed by atoms with van der Waals surface area (Å²) in [6.07, 6.45) is 5.19. The van der Waals surface area contributed by atoms with E-state index in [1.54, 1.807) is 4.68 Å². The van der Waals surface area contributed by atoms with Gasteiger partial charge in [-0.25, -0.2) is 9.48 Å². The largest absolute Gasteiger partial charge is 0.464 e. The van der Waals surface area contributed by atoms with Gasteiger partial charge < -0.3 is 10.5 Å². The molecule has 1 aromatic rings. The van der Waals surface area contributed by atoms with Gasteiger partial charge in [-0.1, -0.05) is 31.4 Å². The van der Waals surface area contributed by atoms with Gasteiger partial charge in [0.1, 0.15) is 0 Å². The number of hydrogen-bond donors (Lipinski definition) is 1. The second kappa shape index (κ2) is 7.81. The molecule has 0 aromatic carbocycles. The summed E-state index contributed by atoms with van der Waals surface area (Å²) in [7, 11) is 1.34. The molecule has 0 bridgehead atoms. The van der Waals surface area contributed by atoms with Crippen LogP contribution in [0.2, 0.25) is 0 Å². The van der Waals surface area contributed by atoms with Crippen LogP contribution in [0.5, 0.6) is 0 Å². The maximum absolute atomic E-state index is 11.5. The Morgan fingerprint density at radius 2 is 2.17 bits per heavy atom. The van der Waals surface area contributed by atoms with Gasteiger partial charge in [0.25, 0.3) is 0 Å². The van der Waals surface area contributed by atoms with E-state index in [0.29, 0.717) is 18.7 Å². The molecule has 0 saturated carbocycles. The molecule has 0 aliphatic carbocycles. The number of nitrogens with two attached hydrogens (primary N) is 1. The van der Waals surface area contributed by atoms with Crippen LogP contribution < -0.4 is 5.73 Å². The molecule has 6 heteroatoms. The first-order valence-corrected chi connectivity index (χ1v) is 6.45. The highest BCUT2D eigenvalue weighted by atomic mass is 16.5. The Hall–Kier alpha value is -1.43. The third-order valence-electron chi connectivity index (χ3n) is 2.82. The van der Waals surface area contributed by atoms with Crippen molar-refractivity contribution in [2.24, 2.45) is 5.73 Å². The minimum atomic E-state index is -0.446. The van der Waals surface area contributed by atoms with Crippen molar-refractivity contribution in [2.75, 3.05) is 13.7 Å². The average Bonchev–Trinajstić information content (AvgIpc) is 2.77. The third-order valence-corrected chi connectivity index (χ3v) is 2.82. The molecular formula is C12H22N4O2. The summed E-state index contributed by atoms with van der Waals surface area (Å²) in [5.74, 6) is -0.446. The van der Waals surface area contributed by atoms with E-state index in [1.807, 2.05) is 0 Å². The monoisotopic (exact) mass is 254 g/mol. The molecule has 0 fully saturated rings. The van der Waals surface area contributed by atoms with Crippen molar-refractivity contribution in [1.82, 2.24) is 15.0 Å². The zero-order valence-corrected chi connectivity index (χ0v) is 11.2. The van der Waals surface area contributed by atoms with E-state index in [0.717, 1.165) is 25.1 Å². The standard InChI is InChI=1S/C12H22N4O2/c1-3-4-5-6-9-16-10(7-8-13)11(14-15-16)12(17)18-2/h3-9,13H2,1-2H3. The number of aryl methyl sites for hydroxylation is 1. The lowest BCUT2D eigenvalue weighted by atomic mass is 10.2. The van der Waals surface area contributed by atoms with Crippen molar-refractivity contribution < 1.29 is 9.53 Å². The molecular weight excluding hydrogens is 232 g/mol. The lowest BCUT2D eigenvalue weighted by Gasteiger charge is -2.06. The van der Waals surface area contributed by atoms with Crippen LogP contribution in [0.4, 0.5) is 0 Å². The van der Waals surface area contributed by atoms with E-state index in [2.05, 4.69) is 22.0 Å². The van der Waals surface area contributed by atoms with E-state index in [9.17, 15) is 4.79 Å². The lowest BCUT2D eigenvalue weighted by Crippen LogP contribution is -2.14. The lowest BCUT2D eigenvalue weighted by molar-refractivity contribution is 0.0592. The molecule has 0 aliphatic rings.